The van der Waals surface area contributed by atoms with Crippen molar-refractivity contribution in [2.45, 2.75) is 51.7 Å². The molecule has 0 aliphatic carbocycles. The van der Waals surface area contributed by atoms with Crippen molar-refractivity contribution in [3.05, 3.63) is 34.6 Å². The molecule has 1 heterocycles. The number of benzene rings is 1. The van der Waals surface area contributed by atoms with Crippen molar-refractivity contribution >= 4 is 11.6 Å². The number of piperazine rings is 1. The Labute approximate surface area is 126 Å². The lowest BCUT2D eigenvalue weighted by molar-refractivity contribution is 0.113. The number of halogens is 2. The minimum absolute atomic E-state index is 0.219. The first-order chi connectivity index (χ1) is 9.63. The van der Waals surface area contributed by atoms with E-state index in [0.717, 1.165) is 31.6 Å². The maximum absolute atomic E-state index is 13.2. The zero-order valence-corrected chi connectivity index (χ0v) is 13.1. The molecule has 20 heavy (non-hydrogen) atoms. The van der Waals surface area contributed by atoms with E-state index >= 15 is 0 Å². The molecule has 1 saturated heterocycles. The van der Waals surface area contributed by atoms with Crippen molar-refractivity contribution < 1.29 is 4.39 Å². The summed E-state index contributed by atoms with van der Waals surface area (Å²) in [4.78, 5) is 2.51. The maximum Gasteiger partial charge on any atom is 0.141 e. The smallest absolute Gasteiger partial charge is 0.141 e. The van der Waals surface area contributed by atoms with Gasteiger partial charge in [-0.2, -0.15) is 0 Å². The molecule has 0 aromatic heterocycles. The zero-order chi connectivity index (χ0) is 14.5. The molecule has 0 bridgehead atoms. The Morgan fingerprint density at radius 1 is 1.40 bits per heavy atom. The molecule has 1 aliphatic rings. The lowest BCUT2D eigenvalue weighted by Crippen LogP contribution is -2.55. The molecular formula is C16H24ClFN2. The largest absolute Gasteiger partial charge is 0.311 e. The highest BCUT2D eigenvalue weighted by Crippen LogP contribution is 2.21. The molecule has 1 aromatic rings. The first-order valence-corrected chi connectivity index (χ1v) is 7.93. The van der Waals surface area contributed by atoms with Gasteiger partial charge in [0.1, 0.15) is 5.82 Å². The zero-order valence-electron chi connectivity index (χ0n) is 12.3. The standard InChI is InChI=1S/C16H24ClFN2/c1-3-5-14-9-19-13(4-2)11-20(14)10-12-6-7-16(18)15(17)8-12/h6-8,13-14,19H,3-5,9-11H2,1-2H3. The molecule has 2 atom stereocenters. The first-order valence-electron chi connectivity index (χ1n) is 7.55. The average molecular weight is 299 g/mol. The summed E-state index contributed by atoms with van der Waals surface area (Å²) >= 11 is 5.88. The van der Waals surface area contributed by atoms with E-state index in [9.17, 15) is 4.39 Å². The first kappa shape index (κ1) is 15.7. The second-order valence-electron chi connectivity index (χ2n) is 5.63. The Bertz CT molecular complexity index is 438. The Kier molecular flexibility index (Phi) is 5.82. The van der Waals surface area contributed by atoms with Crippen molar-refractivity contribution in [2.75, 3.05) is 13.1 Å². The van der Waals surface area contributed by atoms with Crippen molar-refractivity contribution in [1.82, 2.24) is 10.2 Å². The number of nitrogens with zero attached hydrogens (tertiary/aromatic N) is 1. The number of hydrogen-bond donors (Lipinski definition) is 1. The van der Waals surface area contributed by atoms with Gasteiger partial charge in [0.15, 0.2) is 0 Å². The highest BCUT2D eigenvalue weighted by molar-refractivity contribution is 6.30. The van der Waals surface area contributed by atoms with Crippen LogP contribution in [0.3, 0.4) is 0 Å². The van der Waals surface area contributed by atoms with E-state index in [1.54, 1.807) is 6.07 Å². The predicted octanol–water partition coefficient (Wildman–Crippen LogP) is 3.83. The maximum atomic E-state index is 13.2. The van der Waals surface area contributed by atoms with Crippen LogP contribution >= 0.6 is 11.6 Å². The summed E-state index contributed by atoms with van der Waals surface area (Å²) in [5.74, 6) is -0.340. The summed E-state index contributed by atoms with van der Waals surface area (Å²) in [7, 11) is 0. The molecule has 2 unspecified atom stereocenters. The summed E-state index contributed by atoms with van der Waals surface area (Å²) in [6.45, 7) is 7.38. The van der Waals surface area contributed by atoms with Crippen LogP contribution in [0.5, 0.6) is 0 Å². The Morgan fingerprint density at radius 3 is 2.85 bits per heavy atom. The molecule has 4 heteroatoms. The van der Waals surface area contributed by atoms with Gasteiger partial charge in [0.05, 0.1) is 5.02 Å². The van der Waals surface area contributed by atoms with Crippen LogP contribution in [0.4, 0.5) is 4.39 Å². The second kappa shape index (κ2) is 7.39. The minimum Gasteiger partial charge on any atom is -0.311 e. The van der Waals surface area contributed by atoms with E-state index in [1.165, 1.54) is 18.9 Å². The molecule has 1 fully saturated rings. The van der Waals surface area contributed by atoms with E-state index in [-0.39, 0.29) is 10.8 Å². The van der Waals surface area contributed by atoms with Crippen LogP contribution < -0.4 is 5.32 Å². The van der Waals surface area contributed by atoms with Crippen molar-refractivity contribution in [2.24, 2.45) is 0 Å². The number of nitrogens with one attached hydrogen (secondary N) is 1. The van der Waals surface area contributed by atoms with Crippen LogP contribution in [0, 0.1) is 5.82 Å². The number of hydrogen-bond acceptors (Lipinski definition) is 2. The summed E-state index contributed by atoms with van der Waals surface area (Å²) in [5.41, 5.74) is 1.09. The monoisotopic (exact) mass is 298 g/mol. The molecule has 1 N–H and O–H groups in total. The fourth-order valence-electron chi connectivity index (χ4n) is 2.89. The quantitative estimate of drug-likeness (QED) is 0.889. The van der Waals surface area contributed by atoms with Crippen molar-refractivity contribution in [3.63, 3.8) is 0 Å². The molecule has 0 spiro atoms. The summed E-state index contributed by atoms with van der Waals surface area (Å²) in [6, 6.07) is 6.17. The summed E-state index contributed by atoms with van der Waals surface area (Å²) in [5, 5.41) is 3.83. The Hall–Kier alpha value is -0.640. The fourth-order valence-corrected chi connectivity index (χ4v) is 3.09. The molecular weight excluding hydrogens is 275 g/mol. The highest BCUT2D eigenvalue weighted by Gasteiger charge is 2.26. The Balaban J connectivity index is 2.07. The SMILES string of the molecule is CCCC1CNC(CC)CN1Cc1ccc(F)c(Cl)c1. The molecule has 0 radical (unpaired) electrons. The summed E-state index contributed by atoms with van der Waals surface area (Å²) in [6.07, 6.45) is 3.52. The predicted molar refractivity (Wildman–Crippen MR) is 82.6 cm³/mol. The van der Waals surface area contributed by atoms with E-state index in [1.807, 2.05) is 6.07 Å². The van der Waals surface area contributed by atoms with Crippen LogP contribution in [0.15, 0.2) is 18.2 Å². The van der Waals surface area contributed by atoms with Gasteiger partial charge in [0, 0.05) is 31.7 Å². The van der Waals surface area contributed by atoms with E-state index < -0.39 is 0 Å². The van der Waals surface area contributed by atoms with Gasteiger partial charge in [-0.05, 0) is 30.5 Å². The molecule has 2 nitrogen and oxygen atoms in total. The van der Waals surface area contributed by atoms with E-state index in [2.05, 4.69) is 24.1 Å². The average Bonchev–Trinajstić information content (AvgIpc) is 2.45. The molecule has 1 aromatic carbocycles. The van der Waals surface area contributed by atoms with Crippen molar-refractivity contribution in [3.8, 4) is 0 Å². The second-order valence-corrected chi connectivity index (χ2v) is 6.04. The third kappa shape index (κ3) is 3.94. The minimum atomic E-state index is -0.340. The fraction of sp³-hybridized carbons (Fsp3) is 0.625. The van der Waals surface area contributed by atoms with E-state index in [0.29, 0.717) is 12.1 Å². The third-order valence-electron chi connectivity index (χ3n) is 4.10. The van der Waals surface area contributed by atoms with Crippen LogP contribution in [0.1, 0.15) is 38.7 Å². The van der Waals surface area contributed by atoms with Gasteiger partial charge in [-0.25, -0.2) is 4.39 Å². The van der Waals surface area contributed by atoms with Crippen LogP contribution in [0.25, 0.3) is 0 Å². The van der Waals surface area contributed by atoms with Crippen LogP contribution in [-0.2, 0) is 6.54 Å². The lowest BCUT2D eigenvalue weighted by atomic mass is 10.0. The van der Waals surface area contributed by atoms with Crippen LogP contribution in [0.2, 0.25) is 5.02 Å². The molecule has 1 aliphatic heterocycles. The number of rotatable bonds is 5. The Morgan fingerprint density at radius 2 is 2.20 bits per heavy atom. The van der Waals surface area contributed by atoms with Gasteiger partial charge < -0.3 is 5.32 Å². The highest BCUT2D eigenvalue weighted by atomic mass is 35.5. The van der Waals surface area contributed by atoms with Gasteiger partial charge in [-0.3, -0.25) is 4.90 Å². The van der Waals surface area contributed by atoms with Gasteiger partial charge >= 0.3 is 0 Å². The van der Waals surface area contributed by atoms with Crippen LogP contribution in [-0.4, -0.2) is 30.1 Å². The third-order valence-corrected chi connectivity index (χ3v) is 4.39. The normalized spacial score (nSPS) is 24.0. The summed E-state index contributed by atoms with van der Waals surface area (Å²) < 4.78 is 13.2. The van der Waals surface area contributed by atoms with Gasteiger partial charge in [0.2, 0.25) is 0 Å². The van der Waals surface area contributed by atoms with Gasteiger partial charge in [0.25, 0.3) is 0 Å². The molecule has 0 amide bonds. The van der Waals surface area contributed by atoms with Crippen molar-refractivity contribution in [1.29, 1.82) is 0 Å². The molecule has 2 rings (SSSR count). The van der Waals surface area contributed by atoms with Gasteiger partial charge in [-0.1, -0.05) is 37.9 Å². The lowest BCUT2D eigenvalue weighted by Gasteiger charge is -2.40. The molecule has 0 saturated carbocycles. The van der Waals surface area contributed by atoms with Gasteiger partial charge in [-0.15, -0.1) is 0 Å². The topological polar surface area (TPSA) is 15.3 Å². The molecule has 112 valence electrons. The van der Waals surface area contributed by atoms with E-state index in [4.69, 9.17) is 11.6 Å².